The molecule has 1 heterocycles. The number of ether oxygens (including phenoxy) is 2. The van der Waals surface area contributed by atoms with E-state index in [4.69, 9.17) is 9.47 Å². The molecule has 1 fully saturated rings. The fraction of sp³-hybridized carbons (Fsp3) is 0.278. The van der Waals surface area contributed by atoms with Crippen molar-refractivity contribution in [1.29, 1.82) is 0 Å². The van der Waals surface area contributed by atoms with Gasteiger partial charge in [-0.3, -0.25) is 4.79 Å². The van der Waals surface area contributed by atoms with Gasteiger partial charge in [-0.2, -0.15) is 0 Å². The molecule has 1 atom stereocenters. The van der Waals surface area contributed by atoms with E-state index < -0.39 is 5.82 Å². The fourth-order valence-corrected chi connectivity index (χ4v) is 2.67. The van der Waals surface area contributed by atoms with E-state index in [-0.39, 0.29) is 24.1 Å². The maximum absolute atomic E-state index is 14.2. The van der Waals surface area contributed by atoms with E-state index in [0.717, 1.165) is 11.1 Å². The van der Waals surface area contributed by atoms with Gasteiger partial charge in [-0.25, -0.2) is 4.39 Å². The summed E-state index contributed by atoms with van der Waals surface area (Å²) >= 11 is 0. The van der Waals surface area contributed by atoms with Gasteiger partial charge >= 0.3 is 5.97 Å². The van der Waals surface area contributed by atoms with Crippen molar-refractivity contribution in [1.82, 2.24) is 0 Å². The van der Waals surface area contributed by atoms with Crippen LogP contribution in [0, 0.1) is 5.82 Å². The highest BCUT2D eigenvalue weighted by molar-refractivity contribution is 5.71. The van der Waals surface area contributed by atoms with Crippen LogP contribution in [0.3, 0.4) is 0 Å². The summed E-state index contributed by atoms with van der Waals surface area (Å²) in [5, 5.41) is 0. The van der Waals surface area contributed by atoms with Gasteiger partial charge in [0.2, 0.25) is 0 Å². The molecular formula is C18H17FO3. The number of cyclic esters (lactones) is 1. The van der Waals surface area contributed by atoms with E-state index in [1.165, 1.54) is 6.07 Å². The summed E-state index contributed by atoms with van der Waals surface area (Å²) in [5.41, 5.74) is 1.72. The molecule has 3 rings (SSSR count). The SMILES string of the molecule is O=C1CC(c2cccc(F)c2OCc2ccccc2)CCO1. The minimum absolute atomic E-state index is 0.0530. The molecule has 0 bridgehead atoms. The maximum Gasteiger partial charge on any atom is 0.306 e. The van der Waals surface area contributed by atoms with Crippen LogP contribution in [0.2, 0.25) is 0 Å². The Morgan fingerprint density at radius 2 is 1.95 bits per heavy atom. The first-order chi connectivity index (χ1) is 10.7. The molecule has 2 aromatic rings. The van der Waals surface area contributed by atoms with Crippen molar-refractivity contribution >= 4 is 5.97 Å². The molecule has 22 heavy (non-hydrogen) atoms. The van der Waals surface area contributed by atoms with Crippen LogP contribution in [0.5, 0.6) is 5.75 Å². The van der Waals surface area contributed by atoms with Gasteiger partial charge in [-0.15, -0.1) is 0 Å². The van der Waals surface area contributed by atoms with E-state index in [0.29, 0.717) is 19.6 Å². The lowest BCUT2D eigenvalue weighted by atomic mass is 9.90. The van der Waals surface area contributed by atoms with Crippen molar-refractivity contribution in [2.75, 3.05) is 6.61 Å². The van der Waals surface area contributed by atoms with Crippen molar-refractivity contribution in [2.45, 2.75) is 25.4 Å². The zero-order valence-electron chi connectivity index (χ0n) is 12.1. The highest BCUT2D eigenvalue weighted by Crippen LogP contribution is 2.36. The lowest BCUT2D eigenvalue weighted by molar-refractivity contribution is -0.147. The molecule has 0 amide bonds. The third-order valence-electron chi connectivity index (χ3n) is 3.81. The third kappa shape index (κ3) is 3.27. The standard InChI is InChI=1S/C18H17FO3/c19-16-8-4-7-15(14-9-10-21-17(20)11-14)18(16)22-12-13-5-2-1-3-6-13/h1-8,14H,9-12H2. The van der Waals surface area contributed by atoms with E-state index in [1.54, 1.807) is 6.07 Å². The first kappa shape index (κ1) is 14.6. The fourth-order valence-electron chi connectivity index (χ4n) is 2.67. The third-order valence-corrected chi connectivity index (χ3v) is 3.81. The van der Waals surface area contributed by atoms with Crippen molar-refractivity contribution in [2.24, 2.45) is 0 Å². The largest absolute Gasteiger partial charge is 0.486 e. The Balaban J connectivity index is 1.82. The molecule has 0 spiro atoms. The topological polar surface area (TPSA) is 35.5 Å². The number of rotatable bonds is 4. The van der Waals surface area contributed by atoms with Crippen molar-refractivity contribution in [3.05, 3.63) is 65.5 Å². The number of esters is 1. The van der Waals surface area contributed by atoms with Crippen LogP contribution in [-0.2, 0) is 16.1 Å². The summed E-state index contributed by atoms with van der Waals surface area (Å²) < 4.78 is 24.8. The molecular weight excluding hydrogens is 283 g/mol. The maximum atomic E-state index is 14.2. The Hall–Kier alpha value is -2.36. The molecule has 2 aromatic carbocycles. The lowest BCUT2D eigenvalue weighted by Crippen LogP contribution is -2.20. The zero-order valence-corrected chi connectivity index (χ0v) is 12.1. The van der Waals surface area contributed by atoms with E-state index in [2.05, 4.69) is 0 Å². The summed E-state index contributed by atoms with van der Waals surface area (Å²) in [7, 11) is 0. The van der Waals surface area contributed by atoms with Crippen LogP contribution in [0.15, 0.2) is 48.5 Å². The van der Waals surface area contributed by atoms with Gasteiger partial charge in [0.05, 0.1) is 13.0 Å². The number of carbonyl (C=O) groups excluding carboxylic acids is 1. The summed E-state index contributed by atoms with van der Waals surface area (Å²) in [4.78, 5) is 11.5. The second-order valence-electron chi connectivity index (χ2n) is 5.34. The van der Waals surface area contributed by atoms with Crippen LogP contribution in [-0.4, -0.2) is 12.6 Å². The van der Waals surface area contributed by atoms with Gasteiger partial charge in [0.1, 0.15) is 6.61 Å². The molecule has 3 nitrogen and oxygen atoms in total. The highest BCUT2D eigenvalue weighted by Gasteiger charge is 2.26. The minimum atomic E-state index is -0.396. The number of benzene rings is 2. The summed E-state index contributed by atoms with van der Waals surface area (Å²) in [5.74, 6) is -0.448. The first-order valence-electron chi connectivity index (χ1n) is 7.35. The predicted octanol–water partition coefficient (Wildman–Crippen LogP) is 3.83. The average Bonchev–Trinajstić information content (AvgIpc) is 2.54. The molecule has 0 saturated carbocycles. The Labute approximate surface area is 128 Å². The van der Waals surface area contributed by atoms with Crippen LogP contribution >= 0.6 is 0 Å². The van der Waals surface area contributed by atoms with Crippen LogP contribution < -0.4 is 4.74 Å². The van der Waals surface area contributed by atoms with E-state index in [1.807, 2.05) is 36.4 Å². The van der Waals surface area contributed by atoms with E-state index in [9.17, 15) is 9.18 Å². The summed E-state index contributed by atoms with van der Waals surface area (Å²) in [6.45, 7) is 0.671. The normalized spacial score (nSPS) is 17.9. The van der Waals surface area contributed by atoms with Gasteiger partial charge in [0, 0.05) is 11.5 Å². The second-order valence-corrected chi connectivity index (χ2v) is 5.34. The molecule has 1 aliphatic heterocycles. The summed E-state index contributed by atoms with van der Waals surface area (Å²) in [6.07, 6.45) is 0.960. The van der Waals surface area contributed by atoms with Gasteiger partial charge in [-0.1, -0.05) is 42.5 Å². The Morgan fingerprint density at radius 3 is 2.73 bits per heavy atom. The lowest BCUT2D eigenvalue weighted by Gasteiger charge is -2.24. The first-order valence-corrected chi connectivity index (χ1v) is 7.35. The Morgan fingerprint density at radius 1 is 1.14 bits per heavy atom. The number of hydrogen-bond acceptors (Lipinski definition) is 3. The monoisotopic (exact) mass is 300 g/mol. The molecule has 4 heteroatoms. The molecule has 0 N–H and O–H groups in total. The minimum Gasteiger partial charge on any atom is -0.486 e. The molecule has 0 radical (unpaired) electrons. The second kappa shape index (κ2) is 6.60. The zero-order chi connectivity index (χ0) is 15.4. The quantitative estimate of drug-likeness (QED) is 0.805. The Kier molecular flexibility index (Phi) is 4.37. The molecule has 1 unspecified atom stereocenters. The summed E-state index contributed by atoms with van der Waals surface area (Å²) in [6, 6.07) is 14.5. The van der Waals surface area contributed by atoms with Crippen LogP contribution in [0.1, 0.15) is 29.9 Å². The molecule has 0 aliphatic carbocycles. The average molecular weight is 300 g/mol. The number of hydrogen-bond donors (Lipinski definition) is 0. The molecule has 1 aliphatic rings. The highest BCUT2D eigenvalue weighted by atomic mass is 19.1. The predicted molar refractivity (Wildman–Crippen MR) is 80.1 cm³/mol. The van der Waals surface area contributed by atoms with Gasteiger partial charge in [0.25, 0.3) is 0 Å². The van der Waals surface area contributed by atoms with Crippen molar-refractivity contribution < 1.29 is 18.7 Å². The van der Waals surface area contributed by atoms with Crippen LogP contribution in [0.25, 0.3) is 0 Å². The number of carbonyl (C=O) groups is 1. The van der Waals surface area contributed by atoms with Crippen LogP contribution in [0.4, 0.5) is 4.39 Å². The van der Waals surface area contributed by atoms with E-state index >= 15 is 0 Å². The molecule has 0 aromatic heterocycles. The Bertz CT molecular complexity index is 655. The number of halogens is 1. The van der Waals surface area contributed by atoms with Gasteiger partial charge in [-0.05, 0) is 18.1 Å². The molecule has 114 valence electrons. The van der Waals surface area contributed by atoms with Crippen molar-refractivity contribution in [3.63, 3.8) is 0 Å². The van der Waals surface area contributed by atoms with Gasteiger partial charge < -0.3 is 9.47 Å². The molecule has 1 saturated heterocycles. The smallest absolute Gasteiger partial charge is 0.306 e. The number of para-hydroxylation sites is 1. The van der Waals surface area contributed by atoms with Crippen molar-refractivity contribution in [3.8, 4) is 5.75 Å². The van der Waals surface area contributed by atoms with Gasteiger partial charge in [0.15, 0.2) is 11.6 Å².